The zero-order chi connectivity index (χ0) is 34.1. The van der Waals surface area contributed by atoms with Crippen LogP contribution >= 0.6 is 11.3 Å². The van der Waals surface area contributed by atoms with E-state index in [1.165, 1.54) is 12.3 Å². The van der Waals surface area contributed by atoms with Crippen LogP contribution in [0.1, 0.15) is 63.4 Å². The highest BCUT2D eigenvalue weighted by molar-refractivity contribution is 7.19. The van der Waals surface area contributed by atoms with Crippen LogP contribution in [0.2, 0.25) is 0 Å². The fourth-order valence-electron chi connectivity index (χ4n) is 5.14. The topological polar surface area (TPSA) is 130 Å². The molecule has 3 N–H and O–H groups in total. The summed E-state index contributed by atoms with van der Waals surface area (Å²) in [6.45, 7) is 6.15. The van der Waals surface area contributed by atoms with Gasteiger partial charge in [0.25, 0.3) is 5.91 Å². The minimum atomic E-state index is -4.99. The highest BCUT2D eigenvalue weighted by atomic mass is 32.1. The molecule has 3 amide bonds. The van der Waals surface area contributed by atoms with Crippen molar-refractivity contribution in [3.63, 3.8) is 0 Å². The monoisotopic (exact) mass is 683 g/mol. The summed E-state index contributed by atoms with van der Waals surface area (Å²) in [5, 5.41) is 11.4. The zero-order valence-electron chi connectivity index (χ0n) is 25.8. The Balaban J connectivity index is 1.43. The molecule has 47 heavy (non-hydrogen) atoms. The molecule has 1 aliphatic carbocycles. The zero-order valence-corrected chi connectivity index (χ0v) is 26.7. The number of thiazole rings is 1. The van der Waals surface area contributed by atoms with Crippen LogP contribution in [-0.4, -0.2) is 63.6 Å². The smallest absolute Gasteiger partial charge is 0.444 e. The Morgan fingerprint density at radius 1 is 1.02 bits per heavy atom. The summed E-state index contributed by atoms with van der Waals surface area (Å²) in [6.07, 6.45) is -1.46. The molecule has 3 heterocycles. The van der Waals surface area contributed by atoms with Crippen molar-refractivity contribution >= 4 is 45.8 Å². The van der Waals surface area contributed by atoms with E-state index in [9.17, 15) is 36.3 Å². The quantitative estimate of drug-likeness (QED) is 0.237. The van der Waals surface area contributed by atoms with Gasteiger partial charge in [-0.05, 0) is 70.9 Å². The second kappa shape index (κ2) is 13.4. The summed E-state index contributed by atoms with van der Waals surface area (Å²) < 4.78 is 75.0. The third-order valence-electron chi connectivity index (χ3n) is 7.44. The fraction of sp³-hybridized carbons (Fsp3) is 0.500. The van der Waals surface area contributed by atoms with Gasteiger partial charge in [0.15, 0.2) is 11.5 Å². The van der Waals surface area contributed by atoms with Crippen LogP contribution in [-0.2, 0) is 16.1 Å². The van der Waals surface area contributed by atoms with Gasteiger partial charge in [-0.15, -0.1) is 0 Å². The number of hydrogen-bond donors (Lipinski definition) is 3. The van der Waals surface area contributed by atoms with Crippen molar-refractivity contribution in [2.24, 2.45) is 5.92 Å². The summed E-state index contributed by atoms with van der Waals surface area (Å²) >= 11 is 0.688. The maximum Gasteiger partial charge on any atom is 0.471 e. The Labute approximate surface area is 270 Å². The lowest BCUT2D eigenvalue weighted by molar-refractivity contribution is -0.174. The summed E-state index contributed by atoms with van der Waals surface area (Å²) in [5.41, 5.74) is -1.42. The Morgan fingerprint density at radius 2 is 1.72 bits per heavy atom. The number of aromatic nitrogens is 3. The van der Waals surface area contributed by atoms with E-state index >= 15 is 0 Å². The van der Waals surface area contributed by atoms with Crippen molar-refractivity contribution in [1.82, 2.24) is 20.1 Å². The number of amides is 3. The van der Waals surface area contributed by atoms with Crippen molar-refractivity contribution < 1.29 is 41.1 Å². The van der Waals surface area contributed by atoms with Crippen LogP contribution < -0.4 is 20.9 Å². The summed E-state index contributed by atoms with van der Waals surface area (Å²) in [4.78, 5) is 44.1. The molecule has 11 nitrogen and oxygen atoms in total. The number of nitrogens with zero attached hydrogens (tertiary/aromatic N) is 4. The summed E-state index contributed by atoms with van der Waals surface area (Å²) in [7, 11) is 0. The lowest BCUT2D eigenvalue weighted by Gasteiger charge is -2.25. The van der Waals surface area contributed by atoms with Gasteiger partial charge in [-0.2, -0.15) is 18.3 Å². The molecule has 0 spiro atoms. The van der Waals surface area contributed by atoms with E-state index in [-0.39, 0.29) is 34.4 Å². The number of hydrogen-bond acceptors (Lipinski definition) is 8. The molecular weight excluding hydrogens is 649 g/mol. The predicted octanol–water partition coefficient (Wildman–Crippen LogP) is 6.33. The molecule has 2 aliphatic rings. The average molecular weight is 684 g/mol. The molecule has 0 radical (unpaired) electrons. The number of rotatable bonds is 8. The van der Waals surface area contributed by atoms with Crippen molar-refractivity contribution in [2.75, 3.05) is 28.6 Å². The van der Waals surface area contributed by atoms with E-state index in [4.69, 9.17) is 4.74 Å². The Bertz CT molecular complexity index is 1630. The molecular formula is C30H34F5N7O4S. The number of carbonyl (C=O) groups is 3. The number of ether oxygens (including phenoxy) is 1. The molecule has 1 atom stereocenters. The lowest BCUT2D eigenvalue weighted by atomic mass is 10.1. The third-order valence-corrected chi connectivity index (χ3v) is 8.43. The molecule has 5 rings (SSSR count). The molecule has 0 bridgehead atoms. The van der Waals surface area contributed by atoms with Gasteiger partial charge in [0.05, 0.1) is 11.8 Å². The van der Waals surface area contributed by atoms with E-state index in [1.54, 1.807) is 25.5 Å². The molecule has 254 valence electrons. The number of nitrogens with one attached hydrogen (secondary N) is 3. The minimum Gasteiger partial charge on any atom is -0.444 e. The number of anilines is 3. The average Bonchev–Trinajstić information content (AvgIpc) is 3.63. The predicted molar refractivity (Wildman–Crippen MR) is 164 cm³/mol. The van der Waals surface area contributed by atoms with Gasteiger partial charge in [-0.1, -0.05) is 17.4 Å². The molecule has 2 aromatic heterocycles. The molecule has 1 saturated carbocycles. The first kappa shape index (κ1) is 34.1. The fourth-order valence-corrected chi connectivity index (χ4v) is 6.14. The molecule has 2 fully saturated rings. The molecule has 1 saturated heterocycles. The van der Waals surface area contributed by atoms with Crippen LogP contribution in [0.3, 0.4) is 0 Å². The number of carbonyl (C=O) groups excluding carboxylic acids is 3. The molecule has 1 aromatic carbocycles. The maximum absolute atomic E-state index is 14.7. The third kappa shape index (κ3) is 8.55. The summed E-state index contributed by atoms with van der Waals surface area (Å²) in [5.74, 6) is -3.73. The van der Waals surface area contributed by atoms with Crippen molar-refractivity contribution in [3.8, 4) is 10.6 Å². The first-order valence-corrected chi connectivity index (χ1v) is 15.9. The SMILES string of the molecule is CC(C)(C)OC(=O)Nc1sc(-c2c(F)cccc2F)nc1C(=O)Nc1cnn(CC2CC2)c1N1CCCC(NC(=O)C(F)(F)F)CC1. The Morgan fingerprint density at radius 3 is 2.36 bits per heavy atom. The molecule has 1 unspecified atom stereocenters. The molecule has 1 aliphatic heterocycles. The van der Waals surface area contributed by atoms with Crippen molar-refractivity contribution in [2.45, 2.75) is 77.2 Å². The molecule has 17 heteroatoms. The van der Waals surface area contributed by atoms with Gasteiger partial charge < -0.3 is 20.3 Å². The van der Waals surface area contributed by atoms with Crippen LogP contribution in [0.5, 0.6) is 0 Å². The number of benzene rings is 1. The standard InChI is InChI=1S/C30H34F5N7O4S/c1-29(2,3)46-28(45)40-25-22(39-24(47-25)21-18(31)7-4-8-19(21)32)23(43)38-20-14-36-42(15-16-9-10-16)26(20)41-12-5-6-17(11-13-41)37-27(44)30(33,34)35/h4,7-8,14,16-17H,5-6,9-13,15H2,1-3H3,(H,37,44)(H,38,43)(H,40,45). The van der Waals surface area contributed by atoms with E-state index < -0.39 is 52.9 Å². The van der Waals surface area contributed by atoms with Crippen molar-refractivity contribution in [3.05, 3.63) is 41.7 Å². The van der Waals surface area contributed by atoms with Gasteiger partial charge in [-0.3, -0.25) is 14.9 Å². The lowest BCUT2D eigenvalue weighted by Crippen LogP contribution is -2.43. The van der Waals surface area contributed by atoms with Gasteiger partial charge in [0.2, 0.25) is 0 Å². The van der Waals surface area contributed by atoms with Crippen LogP contribution in [0.15, 0.2) is 24.4 Å². The minimum absolute atomic E-state index is 0.112. The second-order valence-corrected chi connectivity index (χ2v) is 13.5. The van der Waals surface area contributed by atoms with Crippen molar-refractivity contribution in [1.29, 1.82) is 0 Å². The van der Waals surface area contributed by atoms with Crippen LogP contribution in [0.4, 0.5) is 43.3 Å². The van der Waals surface area contributed by atoms with Crippen LogP contribution in [0.25, 0.3) is 10.6 Å². The van der Waals surface area contributed by atoms with E-state index in [2.05, 4.69) is 26.0 Å². The normalized spacial score (nSPS) is 17.2. The highest BCUT2D eigenvalue weighted by Gasteiger charge is 2.40. The van der Waals surface area contributed by atoms with E-state index in [0.717, 1.165) is 25.0 Å². The van der Waals surface area contributed by atoms with Gasteiger partial charge in [0.1, 0.15) is 32.9 Å². The highest BCUT2D eigenvalue weighted by Crippen LogP contribution is 2.38. The van der Waals surface area contributed by atoms with E-state index in [1.807, 2.05) is 4.90 Å². The maximum atomic E-state index is 14.7. The van der Waals surface area contributed by atoms with Gasteiger partial charge in [-0.25, -0.2) is 23.2 Å². The van der Waals surface area contributed by atoms with Gasteiger partial charge in [0, 0.05) is 25.7 Å². The second-order valence-electron chi connectivity index (χ2n) is 12.5. The first-order valence-electron chi connectivity index (χ1n) is 15.0. The number of halogens is 5. The summed E-state index contributed by atoms with van der Waals surface area (Å²) in [6, 6.07) is 2.58. The molecule has 3 aromatic rings. The van der Waals surface area contributed by atoms with Gasteiger partial charge >= 0.3 is 18.2 Å². The van der Waals surface area contributed by atoms with Crippen LogP contribution in [0, 0.1) is 17.6 Å². The van der Waals surface area contributed by atoms with E-state index in [0.29, 0.717) is 49.0 Å². The first-order chi connectivity index (χ1) is 22.1. The Kier molecular flexibility index (Phi) is 9.75. The Hall–Kier alpha value is -4.28. The largest absolute Gasteiger partial charge is 0.471 e. The number of alkyl halides is 3.